The van der Waals surface area contributed by atoms with Crippen LogP contribution in [0.5, 0.6) is 0 Å². The van der Waals surface area contributed by atoms with Gasteiger partial charge in [0.25, 0.3) is 0 Å². The van der Waals surface area contributed by atoms with Crippen molar-refractivity contribution in [3.8, 4) is 0 Å². The second-order valence-electron chi connectivity index (χ2n) is 7.16. The van der Waals surface area contributed by atoms with Crippen molar-refractivity contribution in [1.29, 1.82) is 0 Å². The van der Waals surface area contributed by atoms with Gasteiger partial charge >= 0.3 is 12.1 Å². The quantitative estimate of drug-likeness (QED) is 0.808. The molecule has 0 aromatic heterocycles. The molecular weight excluding hydrogens is 308 g/mol. The largest absolute Gasteiger partial charge is 0.465 e. The van der Waals surface area contributed by atoms with E-state index in [-0.39, 0.29) is 12.0 Å². The Hall–Kier alpha value is -2.08. The zero-order valence-electron chi connectivity index (χ0n) is 14.5. The van der Waals surface area contributed by atoms with Gasteiger partial charge in [-0.3, -0.25) is 10.1 Å². The van der Waals surface area contributed by atoms with E-state index in [1.54, 1.807) is 0 Å². The lowest BCUT2D eigenvalue weighted by Crippen LogP contribution is -2.48. The standard InChI is InChI=1S/C18H26N2O4/c1-18(2,3)24-16(21)15(11-13-7-5-4-6-8-13)19-14-9-10-20(12-14)17(22)23/h4-8,14-15,19H,9-12H2,1-3H3,(H,22,23)/t14?,15-/m0/s1. The van der Waals surface area contributed by atoms with Gasteiger partial charge in [-0.15, -0.1) is 0 Å². The number of benzene rings is 1. The number of ether oxygens (including phenoxy) is 1. The van der Waals surface area contributed by atoms with Crippen molar-refractivity contribution < 1.29 is 19.4 Å². The first kappa shape index (κ1) is 18.3. The Morgan fingerprint density at radius 1 is 1.33 bits per heavy atom. The fourth-order valence-electron chi connectivity index (χ4n) is 2.79. The molecule has 0 spiro atoms. The summed E-state index contributed by atoms with van der Waals surface area (Å²) in [5.41, 5.74) is 0.477. The molecule has 0 radical (unpaired) electrons. The fraction of sp³-hybridized carbons (Fsp3) is 0.556. The second-order valence-corrected chi connectivity index (χ2v) is 7.16. The van der Waals surface area contributed by atoms with Crippen LogP contribution in [0.2, 0.25) is 0 Å². The maximum atomic E-state index is 12.6. The molecule has 6 nitrogen and oxygen atoms in total. The van der Waals surface area contributed by atoms with Crippen molar-refractivity contribution in [1.82, 2.24) is 10.2 Å². The highest BCUT2D eigenvalue weighted by Gasteiger charge is 2.32. The summed E-state index contributed by atoms with van der Waals surface area (Å²) in [5, 5.41) is 12.4. The van der Waals surface area contributed by atoms with E-state index in [2.05, 4.69) is 5.32 Å². The summed E-state index contributed by atoms with van der Waals surface area (Å²) in [7, 11) is 0. The molecule has 1 fully saturated rings. The first-order valence-electron chi connectivity index (χ1n) is 8.25. The molecule has 1 aliphatic rings. The van der Waals surface area contributed by atoms with Gasteiger partial charge in [-0.05, 0) is 39.2 Å². The Bertz CT molecular complexity index is 568. The number of esters is 1. The van der Waals surface area contributed by atoms with Crippen LogP contribution in [0.1, 0.15) is 32.8 Å². The Labute approximate surface area is 142 Å². The topological polar surface area (TPSA) is 78.9 Å². The van der Waals surface area contributed by atoms with E-state index in [0.717, 1.165) is 5.56 Å². The third-order valence-electron chi connectivity index (χ3n) is 3.87. The minimum atomic E-state index is -0.920. The third-order valence-corrected chi connectivity index (χ3v) is 3.87. The zero-order valence-corrected chi connectivity index (χ0v) is 14.5. The van der Waals surface area contributed by atoms with E-state index in [1.807, 2.05) is 51.1 Å². The summed E-state index contributed by atoms with van der Waals surface area (Å²) in [4.78, 5) is 25.0. The first-order valence-corrected chi connectivity index (χ1v) is 8.25. The molecule has 1 aromatic rings. The van der Waals surface area contributed by atoms with E-state index in [4.69, 9.17) is 9.84 Å². The van der Waals surface area contributed by atoms with Crippen LogP contribution < -0.4 is 5.32 Å². The van der Waals surface area contributed by atoms with E-state index in [1.165, 1.54) is 4.90 Å². The van der Waals surface area contributed by atoms with Crippen molar-refractivity contribution in [3.63, 3.8) is 0 Å². The SMILES string of the molecule is CC(C)(C)OC(=O)[C@H](Cc1ccccc1)NC1CCN(C(=O)O)C1. The monoisotopic (exact) mass is 334 g/mol. The van der Waals surface area contributed by atoms with Crippen LogP contribution in [0.25, 0.3) is 0 Å². The molecule has 0 aliphatic carbocycles. The number of amides is 1. The van der Waals surface area contributed by atoms with Gasteiger partial charge in [0.15, 0.2) is 0 Å². The number of nitrogens with zero attached hydrogens (tertiary/aromatic N) is 1. The Morgan fingerprint density at radius 3 is 2.54 bits per heavy atom. The number of hydrogen-bond donors (Lipinski definition) is 2. The normalized spacial score (nSPS) is 19.1. The van der Waals surface area contributed by atoms with E-state index in [0.29, 0.717) is 25.9 Å². The fourth-order valence-corrected chi connectivity index (χ4v) is 2.79. The van der Waals surface area contributed by atoms with Gasteiger partial charge < -0.3 is 14.7 Å². The third kappa shape index (κ3) is 5.53. The maximum absolute atomic E-state index is 12.6. The van der Waals surface area contributed by atoms with Crippen molar-refractivity contribution in [2.45, 2.75) is 51.3 Å². The molecule has 1 amide bonds. The van der Waals surface area contributed by atoms with Crippen LogP contribution in [0, 0.1) is 0 Å². The van der Waals surface area contributed by atoms with E-state index in [9.17, 15) is 9.59 Å². The van der Waals surface area contributed by atoms with Crippen LogP contribution in [-0.4, -0.2) is 52.8 Å². The summed E-state index contributed by atoms with van der Waals surface area (Å²) in [6, 6.07) is 9.20. The number of carbonyl (C=O) groups excluding carboxylic acids is 1. The van der Waals surface area contributed by atoms with Crippen molar-refractivity contribution >= 4 is 12.1 Å². The van der Waals surface area contributed by atoms with Crippen LogP contribution in [0.4, 0.5) is 4.79 Å². The Balaban J connectivity index is 2.05. The van der Waals surface area contributed by atoms with Crippen LogP contribution in [0.3, 0.4) is 0 Å². The molecule has 24 heavy (non-hydrogen) atoms. The summed E-state index contributed by atoms with van der Waals surface area (Å²) < 4.78 is 5.53. The van der Waals surface area contributed by atoms with Crippen LogP contribution in [-0.2, 0) is 16.0 Å². The highest BCUT2D eigenvalue weighted by molar-refractivity contribution is 5.76. The van der Waals surface area contributed by atoms with Gasteiger partial charge in [-0.1, -0.05) is 30.3 Å². The van der Waals surface area contributed by atoms with Crippen LogP contribution >= 0.6 is 0 Å². The molecule has 2 rings (SSSR count). The molecule has 0 bridgehead atoms. The number of carbonyl (C=O) groups is 2. The molecule has 2 N–H and O–H groups in total. The number of likely N-dealkylation sites (tertiary alicyclic amines) is 1. The molecule has 0 saturated carbocycles. The lowest BCUT2D eigenvalue weighted by atomic mass is 10.0. The van der Waals surface area contributed by atoms with Crippen molar-refractivity contribution in [2.75, 3.05) is 13.1 Å². The van der Waals surface area contributed by atoms with Crippen molar-refractivity contribution in [3.05, 3.63) is 35.9 Å². The summed E-state index contributed by atoms with van der Waals surface area (Å²) in [6.45, 7) is 6.40. The van der Waals surface area contributed by atoms with Gasteiger partial charge in [0.2, 0.25) is 0 Å². The molecule has 132 valence electrons. The van der Waals surface area contributed by atoms with Gasteiger partial charge in [-0.25, -0.2) is 4.79 Å². The number of carboxylic acid groups (broad SMARTS) is 1. The molecule has 1 aliphatic heterocycles. The van der Waals surface area contributed by atoms with E-state index >= 15 is 0 Å². The predicted molar refractivity (Wildman–Crippen MR) is 90.9 cm³/mol. The maximum Gasteiger partial charge on any atom is 0.407 e. The van der Waals surface area contributed by atoms with Gasteiger partial charge in [0, 0.05) is 19.1 Å². The summed E-state index contributed by atoms with van der Waals surface area (Å²) >= 11 is 0. The minimum Gasteiger partial charge on any atom is -0.465 e. The average molecular weight is 334 g/mol. The Morgan fingerprint density at radius 2 is 2.00 bits per heavy atom. The minimum absolute atomic E-state index is 0.0395. The molecule has 1 unspecified atom stereocenters. The van der Waals surface area contributed by atoms with E-state index < -0.39 is 17.7 Å². The summed E-state index contributed by atoms with van der Waals surface area (Å²) in [5.74, 6) is -0.305. The van der Waals surface area contributed by atoms with Gasteiger partial charge in [-0.2, -0.15) is 0 Å². The molecule has 1 aromatic carbocycles. The second kappa shape index (κ2) is 7.66. The lowest BCUT2D eigenvalue weighted by Gasteiger charge is -2.26. The lowest BCUT2D eigenvalue weighted by molar-refractivity contribution is -0.157. The Kier molecular flexibility index (Phi) is 5.83. The van der Waals surface area contributed by atoms with Crippen molar-refractivity contribution in [2.24, 2.45) is 0 Å². The smallest absolute Gasteiger partial charge is 0.407 e. The number of hydrogen-bond acceptors (Lipinski definition) is 4. The number of nitrogens with one attached hydrogen (secondary N) is 1. The van der Waals surface area contributed by atoms with Gasteiger partial charge in [0.05, 0.1) is 0 Å². The van der Waals surface area contributed by atoms with Crippen LogP contribution in [0.15, 0.2) is 30.3 Å². The first-order chi connectivity index (χ1) is 11.2. The highest BCUT2D eigenvalue weighted by atomic mass is 16.6. The average Bonchev–Trinajstić information content (AvgIpc) is 2.95. The van der Waals surface area contributed by atoms with Gasteiger partial charge in [0.1, 0.15) is 11.6 Å². The molecule has 1 heterocycles. The highest BCUT2D eigenvalue weighted by Crippen LogP contribution is 2.15. The number of rotatable bonds is 5. The predicted octanol–water partition coefficient (Wildman–Crippen LogP) is 2.28. The molecule has 2 atom stereocenters. The summed E-state index contributed by atoms with van der Waals surface area (Å²) in [6.07, 6.45) is 0.288. The molecule has 1 saturated heterocycles. The zero-order chi connectivity index (χ0) is 17.7. The molecule has 6 heteroatoms. The molecular formula is C18H26N2O4.